The first-order chi connectivity index (χ1) is 12.4. The van der Waals surface area contributed by atoms with Crippen LogP contribution in [-0.4, -0.2) is 50.2 Å². The summed E-state index contributed by atoms with van der Waals surface area (Å²) in [5, 5.41) is 13.0. The SMILES string of the molecule is CN(C)CCOc1cc(NC(=O)c2ccc3c(c2)COB3O)ccc1Cl. The van der Waals surface area contributed by atoms with Gasteiger partial charge in [-0.3, -0.25) is 4.79 Å². The van der Waals surface area contributed by atoms with Gasteiger partial charge >= 0.3 is 7.12 Å². The maximum Gasteiger partial charge on any atom is 0.491 e. The summed E-state index contributed by atoms with van der Waals surface area (Å²) in [5.74, 6) is 0.271. The van der Waals surface area contributed by atoms with E-state index in [1.54, 1.807) is 36.4 Å². The Hall–Kier alpha value is -2.06. The summed E-state index contributed by atoms with van der Waals surface area (Å²) in [4.78, 5) is 14.5. The fraction of sp³-hybridized carbons (Fsp3) is 0.278. The van der Waals surface area contributed by atoms with Crippen LogP contribution < -0.4 is 15.5 Å². The third-order valence-corrected chi connectivity index (χ3v) is 4.37. The molecule has 0 bridgehead atoms. The van der Waals surface area contributed by atoms with E-state index in [0.717, 1.165) is 12.1 Å². The van der Waals surface area contributed by atoms with Crippen molar-refractivity contribution >= 4 is 35.8 Å². The smallest absolute Gasteiger partial charge is 0.491 e. The monoisotopic (exact) mass is 374 g/mol. The van der Waals surface area contributed by atoms with Gasteiger partial charge in [-0.15, -0.1) is 0 Å². The number of nitrogens with one attached hydrogen (secondary N) is 1. The topological polar surface area (TPSA) is 71.0 Å². The standard InChI is InChI=1S/C18H20BClN2O4/c1-22(2)7-8-25-17-10-14(4-6-16(17)20)21-18(23)12-3-5-15-13(9-12)11-26-19(15)24/h3-6,9-10,24H,7-8,11H2,1-2H3,(H,21,23). The molecule has 2 aromatic carbocycles. The van der Waals surface area contributed by atoms with E-state index < -0.39 is 7.12 Å². The van der Waals surface area contributed by atoms with Crippen molar-refractivity contribution in [2.45, 2.75) is 6.61 Å². The van der Waals surface area contributed by atoms with Crippen molar-refractivity contribution in [1.29, 1.82) is 0 Å². The lowest BCUT2D eigenvalue weighted by Crippen LogP contribution is -2.28. The number of anilines is 1. The van der Waals surface area contributed by atoms with Crippen molar-refractivity contribution in [3.63, 3.8) is 0 Å². The second-order valence-corrected chi connectivity index (χ2v) is 6.74. The van der Waals surface area contributed by atoms with Crippen molar-refractivity contribution in [2.75, 3.05) is 32.6 Å². The lowest BCUT2D eigenvalue weighted by molar-refractivity contribution is 0.102. The van der Waals surface area contributed by atoms with Gasteiger partial charge in [-0.25, -0.2) is 0 Å². The van der Waals surface area contributed by atoms with Gasteiger partial charge in [0, 0.05) is 23.9 Å². The van der Waals surface area contributed by atoms with Crippen LogP contribution in [0.15, 0.2) is 36.4 Å². The van der Waals surface area contributed by atoms with Gasteiger partial charge < -0.3 is 24.6 Å². The van der Waals surface area contributed by atoms with E-state index in [2.05, 4.69) is 5.32 Å². The first-order valence-electron chi connectivity index (χ1n) is 8.25. The molecule has 1 heterocycles. The quantitative estimate of drug-likeness (QED) is 0.754. The van der Waals surface area contributed by atoms with E-state index in [1.807, 2.05) is 19.0 Å². The second kappa shape index (κ2) is 8.10. The first kappa shape index (κ1) is 18.7. The van der Waals surface area contributed by atoms with Gasteiger partial charge in [-0.05, 0) is 49.4 Å². The number of likely N-dealkylation sites (N-methyl/N-ethyl adjacent to an activating group) is 1. The zero-order valence-corrected chi connectivity index (χ0v) is 15.4. The Kier molecular flexibility index (Phi) is 5.83. The van der Waals surface area contributed by atoms with Crippen LogP contribution in [0.1, 0.15) is 15.9 Å². The first-order valence-corrected chi connectivity index (χ1v) is 8.63. The summed E-state index contributed by atoms with van der Waals surface area (Å²) >= 11 is 6.15. The summed E-state index contributed by atoms with van der Waals surface area (Å²) in [7, 11) is 3.00. The number of benzene rings is 2. The molecule has 2 aromatic rings. The average molecular weight is 375 g/mol. The predicted molar refractivity (Wildman–Crippen MR) is 102 cm³/mol. The second-order valence-electron chi connectivity index (χ2n) is 6.33. The predicted octanol–water partition coefficient (Wildman–Crippen LogP) is 1.75. The lowest BCUT2D eigenvalue weighted by Gasteiger charge is -2.13. The molecule has 0 atom stereocenters. The van der Waals surface area contributed by atoms with E-state index in [4.69, 9.17) is 21.0 Å². The number of ether oxygens (including phenoxy) is 1. The van der Waals surface area contributed by atoms with Gasteiger partial charge in [0.25, 0.3) is 5.91 Å². The van der Waals surface area contributed by atoms with Crippen molar-refractivity contribution < 1.29 is 19.2 Å². The van der Waals surface area contributed by atoms with Gasteiger partial charge in [0.1, 0.15) is 12.4 Å². The van der Waals surface area contributed by atoms with E-state index in [9.17, 15) is 9.82 Å². The highest BCUT2D eigenvalue weighted by Gasteiger charge is 2.27. The van der Waals surface area contributed by atoms with E-state index in [1.165, 1.54) is 0 Å². The third kappa shape index (κ3) is 4.37. The Balaban J connectivity index is 1.69. The molecule has 0 unspecified atom stereocenters. The Labute approximate surface area is 157 Å². The molecule has 6 nitrogen and oxygen atoms in total. The van der Waals surface area contributed by atoms with Crippen LogP contribution in [0.2, 0.25) is 5.02 Å². The molecule has 3 rings (SSSR count). The zero-order valence-electron chi connectivity index (χ0n) is 14.7. The molecule has 1 aliphatic heterocycles. The average Bonchev–Trinajstić information content (AvgIpc) is 2.98. The molecule has 1 amide bonds. The molecule has 0 saturated heterocycles. The molecular weight excluding hydrogens is 354 g/mol. The van der Waals surface area contributed by atoms with Crippen LogP contribution in [0, 0.1) is 0 Å². The molecule has 0 aliphatic carbocycles. The third-order valence-electron chi connectivity index (χ3n) is 4.05. The number of fused-ring (bicyclic) bond motifs is 1. The van der Waals surface area contributed by atoms with Crippen molar-refractivity contribution in [1.82, 2.24) is 4.90 Å². The van der Waals surface area contributed by atoms with E-state index in [0.29, 0.717) is 40.7 Å². The van der Waals surface area contributed by atoms with Crippen LogP contribution >= 0.6 is 11.6 Å². The molecule has 0 spiro atoms. The minimum atomic E-state index is -0.916. The minimum Gasteiger partial charge on any atom is -0.491 e. The molecule has 0 radical (unpaired) electrons. The highest BCUT2D eigenvalue weighted by Crippen LogP contribution is 2.28. The molecule has 0 aromatic heterocycles. The number of hydrogen-bond donors (Lipinski definition) is 2. The maximum absolute atomic E-state index is 12.5. The van der Waals surface area contributed by atoms with Crippen molar-refractivity contribution in [2.24, 2.45) is 0 Å². The largest absolute Gasteiger partial charge is 0.491 e. The number of amides is 1. The Morgan fingerprint density at radius 2 is 2.15 bits per heavy atom. The van der Waals surface area contributed by atoms with E-state index in [-0.39, 0.29) is 5.91 Å². The molecule has 26 heavy (non-hydrogen) atoms. The molecule has 1 aliphatic rings. The summed E-state index contributed by atoms with van der Waals surface area (Å²) in [5.41, 5.74) is 2.60. The molecule has 0 saturated carbocycles. The summed E-state index contributed by atoms with van der Waals surface area (Å²) in [6.07, 6.45) is 0. The van der Waals surface area contributed by atoms with Gasteiger partial charge in [0.05, 0.1) is 11.6 Å². The Bertz CT molecular complexity index is 816. The van der Waals surface area contributed by atoms with Crippen LogP contribution in [0.3, 0.4) is 0 Å². The molecular formula is C18H20BClN2O4. The van der Waals surface area contributed by atoms with Gasteiger partial charge in [-0.1, -0.05) is 17.7 Å². The van der Waals surface area contributed by atoms with Crippen molar-refractivity contribution in [3.05, 3.63) is 52.5 Å². The van der Waals surface area contributed by atoms with Crippen LogP contribution in [0.25, 0.3) is 0 Å². The van der Waals surface area contributed by atoms with Crippen LogP contribution in [-0.2, 0) is 11.3 Å². The lowest BCUT2D eigenvalue weighted by atomic mass is 9.79. The number of nitrogens with zero attached hydrogens (tertiary/aromatic N) is 1. The van der Waals surface area contributed by atoms with Gasteiger partial charge in [-0.2, -0.15) is 0 Å². The summed E-state index contributed by atoms with van der Waals surface area (Å²) in [6, 6.07) is 10.2. The summed E-state index contributed by atoms with van der Waals surface area (Å²) in [6.45, 7) is 1.55. The number of hydrogen-bond acceptors (Lipinski definition) is 5. The van der Waals surface area contributed by atoms with E-state index >= 15 is 0 Å². The van der Waals surface area contributed by atoms with Gasteiger partial charge in [0.2, 0.25) is 0 Å². The van der Waals surface area contributed by atoms with Crippen LogP contribution in [0.4, 0.5) is 5.69 Å². The number of rotatable bonds is 6. The fourth-order valence-electron chi connectivity index (χ4n) is 2.60. The number of carbonyl (C=O) groups excluding carboxylic acids is 1. The normalized spacial score (nSPS) is 13.0. The number of carbonyl (C=O) groups is 1. The van der Waals surface area contributed by atoms with Gasteiger partial charge in [0.15, 0.2) is 0 Å². The maximum atomic E-state index is 12.5. The minimum absolute atomic E-state index is 0.254. The highest BCUT2D eigenvalue weighted by atomic mass is 35.5. The zero-order chi connectivity index (χ0) is 18.7. The Morgan fingerprint density at radius 3 is 2.92 bits per heavy atom. The van der Waals surface area contributed by atoms with Crippen molar-refractivity contribution in [3.8, 4) is 5.75 Å². The summed E-state index contributed by atoms with van der Waals surface area (Å²) < 4.78 is 10.8. The molecule has 2 N–H and O–H groups in total. The highest BCUT2D eigenvalue weighted by molar-refractivity contribution is 6.61. The Morgan fingerprint density at radius 1 is 1.35 bits per heavy atom. The fourth-order valence-corrected chi connectivity index (χ4v) is 2.78. The molecule has 8 heteroatoms. The number of halogens is 1. The molecule has 0 fully saturated rings. The molecule has 136 valence electrons. The van der Waals surface area contributed by atoms with Crippen LogP contribution in [0.5, 0.6) is 5.75 Å².